The van der Waals surface area contributed by atoms with Gasteiger partial charge in [0.2, 0.25) is 17.7 Å². The summed E-state index contributed by atoms with van der Waals surface area (Å²) in [4.78, 5) is 49.7. The summed E-state index contributed by atoms with van der Waals surface area (Å²) in [5.74, 6) is -2.46. The Bertz CT molecular complexity index is 1180. The van der Waals surface area contributed by atoms with Gasteiger partial charge in [0.25, 0.3) is 0 Å². The Morgan fingerprint density at radius 1 is 0.897 bits per heavy atom. The van der Waals surface area contributed by atoms with Gasteiger partial charge < -0.3 is 29.3 Å². The topological polar surface area (TPSA) is 103 Å². The van der Waals surface area contributed by atoms with Gasteiger partial charge in [0.1, 0.15) is 11.6 Å². The number of amides is 3. The van der Waals surface area contributed by atoms with E-state index in [0.717, 1.165) is 18.8 Å². The number of hydrogen-bond acceptors (Lipinski definition) is 7. The quantitative estimate of drug-likeness (QED) is 0.521. The number of nitrogens with zero attached hydrogens (tertiary/aromatic N) is 4. The number of anilines is 1. The number of fused-ring (bicyclic) bond motifs is 2. The lowest BCUT2D eigenvalue weighted by Gasteiger charge is -2.37. The normalized spacial score (nSPS) is 34.7. The number of para-hydroxylation sites is 1. The average molecular weight is 537 g/mol. The van der Waals surface area contributed by atoms with E-state index >= 15 is 0 Å². The van der Waals surface area contributed by atoms with Gasteiger partial charge in [-0.3, -0.25) is 19.3 Å². The van der Waals surface area contributed by atoms with Crippen LogP contribution in [0.1, 0.15) is 6.92 Å². The highest BCUT2D eigenvalue weighted by atomic mass is 16.5. The van der Waals surface area contributed by atoms with Gasteiger partial charge in [-0.15, -0.1) is 0 Å². The Morgan fingerprint density at radius 2 is 1.64 bits per heavy atom. The Hall–Kier alpha value is -3.05. The molecule has 208 valence electrons. The summed E-state index contributed by atoms with van der Waals surface area (Å²) in [6, 6.07) is 8.43. The van der Waals surface area contributed by atoms with Crippen molar-refractivity contribution < 1.29 is 29.0 Å². The van der Waals surface area contributed by atoms with Gasteiger partial charge in [-0.2, -0.15) is 0 Å². The maximum atomic E-state index is 14.2. The molecule has 1 aromatic rings. The molecule has 3 fully saturated rings. The second kappa shape index (κ2) is 10.2. The van der Waals surface area contributed by atoms with Gasteiger partial charge >= 0.3 is 0 Å². The molecule has 6 rings (SSSR count). The van der Waals surface area contributed by atoms with Crippen LogP contribution in [0.5, 0.6) is 0 Å². The van der Waals surface area contributed by atoms with Crippen LogP contribution in [0.15, 0.2) is 54.6 Å². The van der Waals surface area contributed by atoms with Gasteiger partial charge in [0, 0.05) is 51.5 Å². The molecule has 5 atom stereocenters. The van der Waals surface area contributed by atoms with Crippen molar-refractivity contribution in [3.8, 4) is 0 Å². The summed E-state index contributed by atoms with van der Waals surface area (Å²) >= 11 is 0. The smallest absolute Gasteiger partial charge is 0.249 e. The van der Waals surface area contributed by atoms with Crippen molar-refractivity contribution in [1.29, 1.82) is 0 Å². The molecule has 1 unspecified atom stereocenters. The first-order valence-electron chi connectivity index (χ1n) is 13.8. The summed E-state index contributed by atoms with van der Waals surface area (Å²) in [5, 5.41) is 9.88. The minimum absolute atomic E-state index is 0.00213. The average Bonchev–Trinajstić information content (AvgIpc) is 3.20. The summed E-state index contributed by atoms with van der Waals surface area (Å²) < 4.78 is 12.2. The molecule has 10 nitrogen and oxygen atoms in total. The minimum Gasteiger partial charge on any atom is -0.395 e. The molecule has 39 heavy (non-hydrogen) atoms. The zero-order valence-corrected chi connectivity index (χ0v) is 22.3. The number of likely N-dealkylation sites (tertiary alicyclic amines) is 1. The molecule has 1 aromatic carbocycles. The summed E-state index contributed by atoms with van der Waals surface area (Å²) in [7, 11) is 0. The molecule has 1 spiro atoms. The van der Waals surface area contributed by atoms with Crippen LogP contribution in [-0.2, 0) is 23.9 Å². The highest BCUT2D eigenvalue weighted by Gasteiger charge is 2.74. The zero-order chi connectivity index (χ0) is 27.2. The summed E-state index contributed by atoms with van der Waals surface area (Å²) in [5.41, 5.74) is -1.64. The molecule has 0 aromatic heterocycles. The largest absolute Gasteiger partial charge is 0.395 e. The van der Waals surface area contributed by atoms with E-state index in [9.17, 15) is 19.5 Å². The van der Waals surface area contributed by atoms with E-state index in [0.29, 0.717) is 39.4 Å². The molecule has 5 heterocycles. The number of ether oxygens (including phenoxy) is 2. The fourth-order valence-electron chi connectivity index (χ4n) is 7.04. The Labute approximate surface area is 228 Å². The fourth-order valence-corrected chi connectivity index (χ4v) is 7.04. The number of benzene rings is 1. The second-order valence-corrected chi connectivity index (χ2v) is 11.1. The SMILES string of the molecule is C[C@]12C=CCN(c3ccccc3)C(=O)[C@H]1[C@H]1C(=O)N(CCO)C3C(=O)N(CCN4CCOCC4)CC=C[C@@]31O2. The molecule has 0 aliphatic carbocycles. The van der Waals surface area contributed by atoms with E-state index in [1.165, 1.54) is 4.90 Å². The lowest BCUT2D eigenvalue weighted by Crippen LogP contribution is -2.57. The van der Waals surface area contributed by atoms with Gasteiger partial charge in [0.05, 0.1) is 37.3 Å². The molecule has 3 amide bonds. The third-order valence-electron chi connectivity index (χ3n) is 8.84. The van der Waals surface area contributed by atoms with Crippen LogP contribution < -0.4 is 4.90 Å². The van der Waals surface area contributed by atoms with E-state index in [2.05, 4.69) is 4.90 Å². The van der Waals surface area contributed by atoms with Crippen molar-refractivity contribution >= 4 is 23.4 Å². The fraction of sp³-hybridized carbons (Fsp3) is 0.552. The molecule has 5 aliphatic heterocycles. The number of aliphatic hydroxyl groups excluding tert-OH is 1. The minimum atomic E-state index is -1.31. The molecular weight excluding hydrogens is 500 g/mol. The molecule has 0 radical (unpaired) electrons. The van der Waals surface area contributed by atoms with Crippen molar-refractivity contribution in [1.82, 2.24) is 14.7 Å². The molecule has 1 N–H and O–H groups in total. The van der Waals surface area contributed by atoms with Gasteiger partial charge in [-0.05, 0) is 19.1 Å². The number of rotatable bonds is 6. The molecule has 0 bridgehead atoms. The van der Waals surface area contributed by atoms with Crippen molar-refractivity contribution in [3.05, 3.63) is 54.6 Å². The van der Waals surface area contributed by atoms with Gasteiger partial charge in [-0.25, -0.2) is 0 Å². The monoisotopic (exact) mass is 536 g/mol. The summed E-state index contributed by atoms with van der Waals surface area (Å²) in [6.07, 6.45) is 7.53. The number of hydrogen-bond donors (Lipinski definition) is 1. The first kappa shape index (κ1) is 26.2. The second-order valence-electron chi connectivity index (χ2n) is 11.1. The predicted octanol–water partition coefficient (Wildman–Crippen LogP) is 0.283. The third kappa shape index (κ3) is 4.21. The highest BCUT2D eigenvalue weighted by Crippen LogP contribution is 2.57. The lowest BCUT2D eigenvalue weighted by atomic mass is 9.74. The maximum Gasteiger partial charge on any atom is 0.249 e. The first-order chi connectivity index (χ1) is 18.9. The number of morpholine rings is 1. The van der Waals surface area contributed by atoms with Crippen LogP contribution in [0.4, 0.5) is 5.69 Å². The Morgan fingerprint density at radius 3 is 2.38 bits per heavy atom. The number of carbonyl (C=O) groups is 3. The van der Waals surface area contributed by atoms with Crippen LogP contribution in [0.2, 0.25) is 0 Å². The van der Waals surface area contributed by atoms with Crippen molar-refractivity contribution in [3.63, 3.8) is 0 Å². The maximum absolute atomic E-state index is 14.2. The van der Waals surface area contributed by atoms with E-state index in [1.807, 2.05) is 61.6 Å². The van der Waals surface area contributed by atoms with Crippen molar-refractivity contribution in [2.24, 2.45) is 11.8 Å². The van der Waals surface area contributed by atoms with Crippen LogP contribution in [0.25, 0.3) is 0 Å². The third-order valence-corrected chi connectivity index (χ3v) is 8.84. The highest BCUT2D eigenvalue weighted by molar-refractivity contribution is 6.04. The van der Waals surface area contributed by atoms with Crippen molar-refractivity contribution in [2.75, 3.05) is 70.5 Å². The summed E-state index contributed by atoms with van der Waals surface area (Å²) in [6.45, 7) is 6.49. The van der Waals surface area contributed by atoms with E-state index < -0.39 is 29.1 Å². The zero-order valence-electron chi connectivity index (χ0n) is 22.3. The Kier molecular flexibility index (Phi) is 6.83. The molecular formula is C29H36N4O6. The Balaban J connectivity index is 1.36. The van der Waals surface area contributed by atoms with Crippen LogP contribution >= 0.6 is 0 Å². The standard InChI is InChI=1S/C29H36N4O6/c1-28-9-5-12-32(21-7-3-2-4-8-21)25(35)22(28)23-26(36)33(15-18-34)24-27(37)31(11-6-10-29(23,24)39-28)14-13-30-16-19-38-20-17-30/h2-10,22-24,34H,11-20H2,1H3/t22-,23+,24?,28+,29+/m1/s1. The molecule has 3 saturated heterocycles. The lowest BCUT2D eigenvalue weighted by molar-refractivity contribution is -0.151. The van der Waals surface area contributed by atoms with Crippen LogP contribution in [0.3, 0.4) is 0 Å². The molecule has 5 aliphatic rings. The van der Waals surface area contributed by atoms with E-state index in [4.69, 9.17) is 9.47 Å². The van der Waals surface area contributed by atoms with E-state index in [1.54, 1.807) is 9.80 Å². The number of carbonyl (C=O) groups excluding carboxylic acids is 3. The van der Waals surface area contributed by atoms with Gasteiger partial charge in [-0.1, -0.05) is 42.5 Å². The van der Waals surface area contributed by atoms with Crippen LogP contribution in [0, 0.1) is 11.8 Å². The van der Waals surface area contributed by atoms with Gasteiger partial charge in [0.15, 0.2) is 0 Å². The van der Waals surface area contributed by atoms with E-state index in [-0.39, 0.29) is 30.9 Å². The first-order valence-corrected chi connectivity index (χ1v) is 13.8. The number of β-amino-alcohol motifs (C(OH)–C–C–N with tert-alkyl or cyclic N) is 1. The predicted molar refractivity (Wildman–Crippen MR) is 143 cm³/mol. The van der Waals surface area contributed by atoms with Crippen LogP contribution in [-0.4, -0.2) is 120 Å². The van der Waals surface area contributed by atoms with Crippen molar-refractivity contribution in [2.45, 2.75) is 24.2 Å². The molecule has 0 saturated carbocycles. The molecule has 10 heteroatoms. The number of aliphatic hydroxyl groups is 1.